The van der Waals surface area contributed by atoms with Crippen molar-refractivity contribution in [3.8, 4) is 0 Å². The number of rotatable bonds is 78. The van der Waals surface area contributed by atoms with Crippen LogP contribution in [0, 0.1) is 0 Å². The summed E-state index contributed by atoms with van der Waals surface area (Å²) in [6.45, 7) is 4.21. The Kier molecular flexibility index (Phi) is 74.1. The van der Waals surface area contributed by atoms with Gasteiger partial charge in [0.05, 0.1) is 27.7 Å². The smallest absolute Gasteiger partial charge is 0.306 e. The van der Waals surface area contributed by atoms with Crippen molar-refractivity contribution in [3.63, 3.8) is 0 Å². The summed E-state index contributed by atoms with van der Waals surface area (Å²) in [7, 11) is 1.19. The summed E-state index contributed by atoms with van der Waals surface area (Å²) in [6.07, 6.45) is 102. The molecule has 0 N–H and O–H groups in total. The van der Waals surface area contributed by atoms with Crippen molar-refractivity contribution >= 4 is 19.8 Å². The number of carbonyl (C=O) groups is 2. The van der Waals surface area contributed by atoms with Crippen LogP contribution in [0.4, 0.5) is 0 Å². The molecular formula is C85H160NO8P. The van der Waals surface area contributed by atoms with E-state index in [1.54, 1.807) is 0 Å². The summed E-state index contributed by atoms with van der Waals surface area (Å²) in [5, 5.41) is 0. The summed E-state index contributed by atoms with van der Waals surface area (Å²) in [6, 6.07) is 0. The van der Waals surface area contributed by atoms with Crippen molar-refractivity contribution in [1.82, 2.24) is 0 Å². The van der Waals surface area contributed by atoms with Crippen molar-refractivity contribution in [2.75, 3.05) is 47.5 Å². The Bertz CT molecular complexity index is 1790. The molecule has 0 aliphatic carbocycles. The number of hydrogen-bond acceptors (Lipinski definition) is 8. The topological polar surface area (TPSA) is 111 Å². The Balaban J connectivity index is 3.89. The molecule has 0 saturated carbocycles. The maximum Gasteiger partial charge on any atom is 0.306 e. The molecule has 0 aromatic heterocycles. The predicted molar refractivity (Wildman–Crippen MR) is 411 cm³/mol. The number of phosphoric ester groups is 1. The number of carbonyl (C=O) groups excluding carboxylic acids is 2. The van der Waals surface area contributed by atoms with E-state index in [4.69, 9.17) is 18.5 Å². The number of unbranched alkanes of at least 4 members (excludes halogenated alkanes) is 54. The molecule has 95 heavy (non-hydrogen) atoms. The summed E-state index contributed by atoms with van der Waals surface area (Å²) in [4.78, 5) is 38.2. The van der Waals surface area contributed by atoms with Crippen LogP contribution >= 0.6 is 7.82 Å². The quantitative estimate of drug-likeness (QED) is 0.0195. The van der Waals surface area contributed by atoms with Crippen LogP contribution < -0.4 is 4.89 Å². The van der Waals surface area contributed by atoms with Crippen LogP contribution in [0.2, 0.25) is 0 Å². The Morgan fingerprint density at radius 1 is 0.337 bits per heavy atom. The van der Waals surface area contributed by atoms with Gasteiger partial charge in [-0.05, 0) is 57.8 Å². The first-order valence-electron chi connectivity index (χ1n) is 41.5. The van der Waals surface area contributed by atoms with Gasteiger partial charge in [0.25, 0.3) is 7.82 Å². The van der Waals surface area contributed by atoms with Crippen molar-refractivity contribution < 1.29 is 42.1 Å². The van der Waals surface area contributed by atoms with Gasteiger partial charge < -0.3 is 27.9 Å². The third-order valence-electron chi connectivity index (χ3n) is 18.8. The van der Waals surface area contributed by atoms with E-state index in [0.717, 1.165) is 64.2 Å². The van der Waals surface area contributed by atoms with Gasteiger partial charge >= 0.3 is 11.9 Å². The fraction of sp³-hybridized carbons (Fsp3) is 0.859. The standard InChI is InChI=1S/C85H160NO8P/c1-6-8-10-12-14-16-18-20-22-24-26-28-30-32-34-36-38-40-42-43-44-46-48-50-52-54-56-58-60-62-64-66-68-70-72-74-76-78-85(88)94-83(82-93-95(89,90)92-80-79-86(3,4)5)81-91-84(87)77-75-73-71-69-67-65-63-61-59-57-55-53-51-49-47-45-41-39-37-35-33-31-29-27-25-23-21-19-17-15-13-11-9-7-2/h8,10,14,16,20,22,26,28,32,34,83H,6-7,9,11-13,15,17-19,21,23-25,27,29-31,33,35-82H2,1-5H3/b10-8-,16-14-,22-20-,28-26-,34-32-. The molecule has 0 aliphatic rings. The summed E-state index contributed by atoms with van der Waals surface area (Å²) >= 11 is 0. The molecule has 2 atom stereocenters. The summed E-state index contributed by atoms with van der Waals surface area (Å²) in [5.74, 6) is -0.808. The molecule has 10 heteroatoms. The molecule has 0 saturated heterocycles. The van der Waals surface area contributed by atoms with Crippen molar-refractivity contribution in [2.24, 2.45) is 0 Å². The average molecular weight is 1360 g/mol. The van der Waals surface area contributed by atoms with E-state index in [1.807, 2.05) is 21.1 Å². The first kappa shape index (κ1) is 92.7. The van der Waals surface area contributed by atoms with Gasteiger partial charge in [-0.1, -0.05) is 408 Å². The lowest BCUT2D eigenvalue weighted by Gasteiger charge is -2.28. The molecule has 2 unspecified atom stereocenters. The second kappa shape index (κ2) is 75.9. The van der Waals surface area contributed by atoms with Gasteiger partial charge in [0.2, 0.25) is 0 Å². The molecular weight excluding hydrogens is 1190 g/mol. The van der Waals surface area contributed by atoms with Crippen LogP contribution in [0.3, 0.4) is 0 Å². The number of esters is 2. The number of quaternary nitrogens is 1. The molecule has 0 radical (unpaired) electrons. The number of phosphoric acid groups is 1. The molecule has 0 aliphatic heterocycles. The van der Waals surface area contributed by atoms with E-state index in [1.165, 1.54) is 321 Å². The number of nitrogens with zero attached hydrogens (tertiary/aromatic N) is 1. The van der Waals surface area contributed by atoms with E-state index in [2.05, 4.69) is 74.6 Å². The third-order valence-corrected chi connectivity index (χ3v) is 19.8. The minimum Gasteiger partial charge on any atom is -0.756 e. The SMILES string of the molecule is CC/C=C\C/C=C\C/C=C\C/C=C\C/C=C\CCCCCCCCCCCCCCCCCCCCCCCC(=O)OC(COC(=O)CCCCCCCCCCCCCCCCCCCCCCCCCCCCCCCCCCCC)COP(=O)([O-])OCC[N+](C)(C)C. The second-order valence-corrected chi connectivity index (χ2v) is 30.9. The zero-order chi connectivity index (χ0) is 69.0. The molecule has 558 valence electrons. The fourth-order valence-electron chi connectivity index (χ4n) is 12.5. The van der Waals surface area contributed by atoms with Crippen LogP contribution in [0.5, 0.6) is 0 Å². The monoisotopic (exact) mass is 1350 g/mol. The highest BCUT2D eigenvalue weighted by Crippen LogP contribution is 2.38. The molecule has 0 bridgehead atoms. The van der Waals surface area contributed by atoms with E-state index in [9.17, 15) is 19.0 Å². The Morgan fingerprint density at radius 2 is 0.600 bits per heavy atom. The van der Waals surface area contributed by atoms with Crippen LogP contribution in [0.15, 0.2) is 60.8 Å². The van der Waals surface area contributed by atoms with E-state index in [-0.39, 0.29) is 32.0 Å². The largest absolute Gasteiger partial charge is 0.756 e. The highest BCUT2D eigenvalue weighted by molar-refractivity contribution is 7.45. The van der Waals surface area contributed by atoms with Crippen LogP contribution in [-0.2, 0) is 32.7 Å². The lowest BCUT2D eigenvalue weighted by molar-refractivity contribution is -0.870. The minimum absolute atomic E-state index is 0.0281. The molecule has 0 fully saturated rings. The van der Waals surface area contributed by atoms with E-state index >= 15 is 0 Å². The molecule has 0 rings (SSSR count). The van der Waals surface area contributed by atoms with Gasteiger partial charge in [-0.25, -0.2) is 0 Å². The van der Waals surface area contributed by atoms with E-state index < -0.39 is 26.5 Å². The van der Waals surface area contributed by atoms with Crippen LogP contribution in [-0.4, -0.2) is 70.0 Å². The average Bonchev–Trinajstić information content (AvgIpc) is 1.80. The number of likely N-dealkylation sites (N-methyl/N-ethyl adjacent to an activating group) is 1. The lowest BCUT2D eigenvalue weighted by Crippen LogP contribution is -2.37. The van der Waals surface area contributed by atoms with Crippen LogP contribution in [0.25, 0.3) is 0 Å². The normalized spacial score (nSPS) is 13.3. The number of allylic oxidation sites excluding steroid dienone is 10. The number of hydrogen-bond donors (Lipinski definition) is 0. The zero-order valence-electron chi connectivity index (χ0n) is 63.9. The highest BCUT2D eigenvalue weighted by atomic mass is 31.2. The van der Waals surface area contributed by atoms with Crippen molar-refractivity contribution in [3.05, 3.63) is 60.8 Å². The minimum atomic E-state index is -4.64. The highest BCUT2D eigenvalue weighted by Gasteiger charge is 2.22. The van der Waals surface area contributed by atoms with Gasteiger partial charge in [-0.2, -0.15) is 0 Å². The van der Waals surface area contributed by atoms with Gasteiger partial charge in [0, 0.05) is 12.8 Å². The molecule has 0 amide bonds. The third kappa shape index (κ3) is 80.6. The van der Waals surface area contributed by atoms with Crippen molar-refractivity contribution in [1.29, 1.82) is 0 Å². The molecule has 9 nitrogen and oxygen atoms in total. The zero-order valence-corrected chi connectivity index (χ0v) is 64.8. The van der Waals surface area contributed by atoms with Crippen molar-refractivity contribution in [2.45, 2.75) is 424 Å². The van der Waals surface area contributed by atoms with Gasteiger partial charge in [0.15, 0.2) is 6.10 Å². The first-order valence-corrected chi connectivity index (χ1v) is 43.0. The molecule has 0 aromatic carbocycles. The first-order chi connectivity index (χ1) is 46.5. The predicted octanol–water partition coefficient (Wildman–Crippen LogP) is 27.0. The Morgan fingerprint density at radius 3 is 0.895 bits per heavy atom. The Labute approximate surface area is 591 Å². The summed E-state index contributed by atoms with van der Waals surface area (Å²) < 4.78 is 34.5. The van der Waals surface area contributed by atoms with Gasteiger partial charge in [-0.3, -0.25) is 14.2 Å². The maximum absolute atomic E-state index is 12.9. The molecule has 0 aromatic rings. The maximum atomic E-state index is 12.9. The molecule has 0 spiro atoms. The fourth-order valence-corrected chi connectivity index (χ4v) is 13.2. The molecule has 0 heterocycles. The van der Waals surface area contributed by atoms with E-state index in [0.29, 0.717) is 17.4 Å². The van der Waals surface area contributed by atoms with Gasteiger partial charge in [0.1, 0.15) is 19.8 Å². The number of ether oxygens (including phenoxy) is 2. The van der Waals surface area contributed by atoms with Crippen LogP contribution in [0.1, 0.15) is 418 Å². The Hall–Kier alpha value is -2.29. The summed E-state index contributed by atoms with van der Waals surface area (Å²) in [5.41, 5.74) is 0. The second-order valence-electron chi connectivity index (χ2n) is 29.5. The van der Waals surface area contributed by atoms with Gasteiger partial charge in [-0.15, -0.1) is 0 Å². The lowest BCUT2D eigenvalue weighted by atomic mass is 10.0.